The molecule has 176 valence electrons. The summed E-state index contributed by atoms with van der Waals surface area (Å²) < 4.78 is 10.6. The van der Waals surface area contributed by atoms with Crippen LogP contribution in [0.25, 0.3) is 11.0 Å². The van der Waals surface area contributed by atoms with E-state index in [0.29, 0.717) is 35.5 Å². The Balaban J connectivity index is 1.43. The molecule has 0 saturated carbocycles. The van der Waals surface area contributed by atoms with Gasteiger partial charge in [0.25, 0.3) is 5.91 Å². The van der Waals surface area contributed by atoms with Gasteiger partial charge in [0.1, 0.15) is 10.8 Å². The summed E-state index contributed by atoms with van der Waals surface area (Å²) in [7, 11) is 1.60. The van der Waals surface area contributed by atoms with Crippen LogP contribution < -0.4 is 15.4 Å². The van der Waals surface area contributed by atoms with Crippen molar-refractivity contribution in [2.45, 2.75) is 37.8 Å². The van der Waals surface area contributed by atoms with Gasteiger partial charge in [-0.1, -0.05) is 11.8 Å². The maximum Gasteiger partial charge on any atom is 0.254 e. The van der Waals surface area contributed by atoms with Gasteiger partial charge in [-0.15, -0.1) is 11.3 Å². The highest BCUT2D eigenvalue weighted by Gasteiger charge is 2.26. The molecule has 2 aromatic heterocycles. The van der Waals surface area contributed by atoms with E-state index in [2.05, 4.69) is 20.6 Å². The van der Waals surface area contributed by atoms with Gasteiger partial charge >= 0.3 is 0 Å². The first-order valence-electron chi connectivity index (χ1n) is 11.1. The molecule has 10 heteroatoms. The third kappa shape index (κ3) is 5.69. The van der Waals surface area contributed by atoms with Gasteiger partial charge in [-0.2, -0.15) is 0 Å². The Morgan fingerprint density at radius 2 is 2.12 bits per heavy atom. The van der Waals surface area contributed by atoms with Crippen molar-refractivity contribution in [1.29, 1.82) is 0 Å². The number of benzene rings is 1. The lowest BCUT2D eigenvalue weighted by molar-refractivity contribution is -0.113. The number of fused-ring (bicyclic) bond motifs is 2. The lowest BCUT2D eigenvalue weighted by atomic mass is 9.95. The number of anilines is 1. The fourth-order valence-electron chi connectivity index (χ4n) is 3.84. The molecule has 0 unspecified atom stereocenters. The molecule has 1 aliphatic carbocycles. The van der Waals surface area contributed by atoms with Crippen molar-refractivity contribution in [1.82, 2.24) is 15.3 Å². The SMILES string of the molecule is CCOc1ccc2nc(SCC(=O)Nc3sc4c(c3C(=O)NCCOC)CCCC4)[nH]c2c1. The van der Waals surface area contributed by atoms with Crippen LogP contribution in [-0.2, 0) is 22.4 Å². The molecule has 1 aromatic carbocycles. The van der Waals surface area contributed by atoms with Gasteiger partial charge in [-0.25, -0.2) is 4.98 Å². The van der Waals surface area contributed by atoms with E-state index in [4.69, 9.17) is 9.47 Å². The van der Waals surface area contributed by atoms with Gasteiger partial charge in [-0.3, -0.25) is 9.59 Å². The Morgan fingerprint density at radius 3 is 2.94 bits per heavy atom. The second-order valence-electron chi connectivity index (χ2n) is 7.65. The summed E-state index contributed by atoms with van der Waals surface area (Å²) in [4.78, 5) is 34.6. The largest absolute Gasteiger partial charge is 0.494 e. The monoisotopic (exact) mass is 488 g/mol. The molecular weight excluding hydrogens is 460 g/mol. The second-order valence-corrected chi connectivity index (χ2v) is 9.72. The van der Waals surface area contributed by atoms with E-state index < -0.39 is 0 Å². The summed E-state index contributed by atoms with van der Waals surface area (Å²) in [6, 6.07) is 5.68. The Kier molecular flexibility index (Phi) is 7.89. The summed E-state index contributed by atoms with van der Waals surface area (Å²) in [5, 5.41) is 7.17. The van der Waals surface area contributed by atoms with Crippen LogP contribution in [0.3, 0.4) is 0 Å². The molecule has 33 heavy (non-hydrogen) atoms. The zero-order valence-electron chi connectivity index (χ0n) is 18.8. The smallest absolute Gasteiger partial charge is 0.254 e. The molecular formula is C23H28N4O4S2. The van der Waals surface area contributed by atoms with E-state index in [1.807, 2.05) is 25.1 Å². The van der Waals surface area contributed by atoms with Crippen LogP contribution in [-0.4, -0.2) is 54.4 Å². The average molecular weight is 489 g/mol. The number of imidazole rings is 1. The number of thioether (sulfide) groups is 1. The second kappa shape index (κ2) is 11.0. The van der Waals surface area contributed by atoms with Gasteiger partial charge in [0.2, 0.25) is 5.91 Å². The number of carbonyl (C=O) groups excluding carboxylic acids is 2. The molecule has 3 N–H and O–H groups in total. The van der Waals surface area contributed by atoms with Crippen molar-refractivity contribution in [2.24, 2.45) is 0 Å². The van der Waals surface area contributed by atoms with Crippen molar-refractivity contribution in [2.75, 3.05) is 37.9 Å². The van der Waals surface area contributed by atoms with E-state index >= 15 is 0 Å². The minimum absolute atomic E-state index is 0.156. The summed E-state index contributed by atoms with van der Waals surface area (Å²) in [6.45, 7) is 3.41. The van der Waals surface area contributed by atoms with Gasteiger partial charge in [-0.05, 0) is 50.3 Å². The zero-order chi connectivity index (χ0) is 23.2. The molecule has 1 aliphatic rings. The maximum atomic E-state index is 12.9. The number of H-pyrrole nitrogens is 1. The van der Waals surface area contributed by atoms with Gasteiger partial charge < -0.3 is 25.1 Å². The highest BCUT2D eigenvalue weighted by molar-refractivity contribution is 7.99. The number of aromatic nitrogens is 2. The van der Waals surface area contributed by atoms with Crippen LogP contribution in [0.2, 0.25) is 0 Å². The number of hydrogen-bond donors (Lipinski definition) is 3. The van der Waals surface area contributed by atoms with E-state index in [1.54, 1.807) is 7.11 Å². The molecule has 3 aromatic rings. The normalized spacial score (nSPS) is 13.0. The number of aromatic amines is 1. The average Bonchev–Trinajstić information content (AvgIpc) is 3.38. The highest BCUT2D eigenvalue weighted by Crippen LogP contribution is 2.38. The predicted octanol–water partition coefficient (Wildman–Crippen LogP) is 4.01. The molecule has 0 bridgehead atoms. The summed E-state index contributed by atoms with van der Waals surface area (Å²) in [5.41, 5.74) is 3.37. The van der Waals surface area contributed by atoms with E-state index in [9.17, 15) is 9.59 Å². The van der Waals surface area contributed by atoms with Crippen molar-refractivity contribution in [3.8, 4) is 5.75 Å². The minimum atomic E-state index is -0.167. The predicted molar refractivity (Wildman–Crippen MR) is 132 cm³/mol. The minimum Gasteiger partial charge on any atom is -0.494 e. The molecule has 4 rings (SSSR count). The molecule has 0 saturated heterocycles. The number of hydrogen-bond acceptors (Lipinski definition) is 7. The first-order valence-corrected chi connectivity index (χ1v) is 12.9. The van der Waals surface area contributed by atoms with Crippen molar-refractivity contribution >= 4 is 50.9 Å². The molecule has 0 atom stereocenters. The third-order valence-electron chi connectivity index (χ3n) is 5.33. The number of carbonyl (C=O) groups is 2. The number of ether oxygens (including phenoxy) is 2. The van der Waals surface area contributed by atoms with Crippen molar-refractivity contribution in [3.63, 3.8) is 0 Å². The molecule has 8 nitrogen and oxygen atoms in total. The molecule has 0 spiro atoms. The topological polar surface area (TPSA) is 105 Å². The Morgan fingerprint density at radius 1 is 1.27 bits per heavy atom. The highest BCUT2D eigenvalue weighted by atomic mass is 32.2. The van der Waals surface area contributed by atoms with Crippen LogP contribution in [0.15, 0.2) is 23.4 Å². The molecule has 0 aliphatic heterocycles. The summed E-state index contributed by atoms with van der Waals surface area (Å²) in [5.74, 6) is 0.642. The van der Waals surface area contributed by atoms with E-state index in [1.165, 1.54) is 28.0 Å². The number of aryl methyl sites for hydroxylation is 1. The third-order valence-corrected chi connectivity index (χ3v) is 7.41. The van der Waals surface area contributed by atoms with Crippen LogP contribution in [0.4, 0.5) is 5.00 Å². The standard InChI is InChI=1S/C23H28N4O4S2/c1-3-31-14-8-9-16-17(12-14)26-23(25-16)32-13-19(28)27-22-20(21(29)24-10-11-30-2)15-6-4-5-7-18(15)33-22/h8-9,12H,3-7,10-11,13H2,1-2H3,(H,24,29)(H,25,26)(H,27,28). The molecule has 0 fully saturated rings. The van der Waals surface area contributed by atoms with Crippen LogP contribution in [0.5, 0.6) is 5.75 Å². The molecule has 2 amide bonds. The number of rotatable bonds is 10. The molecule has 2 heterocycles. The van der Waals surface area contributed by atoms with Crippen LogP contribution in [0.1, 0.15) is 40.6 Å². The zero-order valence-corrected chi connectivity index (χ0v) is 20.4. The Hall–Kier alpha value is -2.56. The van der Waals surface area contributed by atoms with E-state index in [0.717, 1.165) is 48.0 Å². The number of thiophene rings is 1. The summed E-state index contributed by atoms with van der Waals surface area (Å²) in [6.07, 6.45) is 3.98. The maximum absolute atomic E-state index is 12.9. The fraction of sp³-hybridized carbons (Fsp3) is 0.435. The van der Waals surface area contributed by atoms with Gasteiger partial charge in [0, 0.05) is 24.6 Å². The number of amides is 2. The number of nitrogens with zero attached hydrogens (tertiary/aromatic N) is 1. The fourth-order valence-corrected chi connectivity index (χ4v) is 5.82. The summed E-state index contributed by atoms with van der Waals surface area (Å²) >= 11 is 2.85. The lowest BCUT2D eigenvalue weighted by Gasteiger charge is -2.13. The Labute approximate surface area is 200 Å². The number of nitrogens with one attached hydrogen (secondary N) is 3. The van der Waals surface area contributed by atoms with Gasteiger partial charge in [0.15, 0.2) is 5.16 Å². The first-order chi connectivity index (χ1) is 16.1. The van der Waals surface area contributed by atoms with Crippen molar-refractivity contribution < 1.29 is 19.1 Å². The number of methoxy groups -OCH3 is 1. The molecule has 0 radical (unpaired) electrons. The van der Waals surface area contributed by atoms with Gasteiger partial charge in [0.05, 0.1) is 35.6 Å². The first kappa shape index (κ1) is 23.6. The van der Waals surface area contributed by atoms with Crippen LogP contribution >= 0.6 is 23.1 Å². The lowest BCUT2D eigenvalue weighted by Crippen LogP contribution is -2.29. The van der Waals surface area contributed by atoms with Crippen LogP contribution in [0, 0.1) is 0 Å². The Bertz CT molecular complexity index is 1140. The van der Waals surface area contributed by atoms with E-state index in [-0.39, 0.29) is 17.6 Å². The van der Waals surface area contributed by atoms with Crippen molar-refractivity contribution in [3.05, 3.63) is 34.2 Å². The quantitative estimate of drug-likeness (QED) is 0.294.